The molecule has 0 atom stereocenters. The molecule has 0 fully saturated rings. The maximum atomic E-state index is 6.19. The van der Waals surface area contributed by atoms with Crippen LogP contribution in [0.1, 0.15) is 33.6 Å². The van der Waals surface area contributed by atoms with Gasteiger partial charge in [-0.25, -0.2) is 0 Å². The van der Waals surface area contributed by atoms with E-state index in [1.807, 2.05) is 0 Å². The second-order valence-electron chi connectivity index (χ2n) is 5.46. The number of allylic oxidation sites excluding steroid dienone is 4. The van der Waals surface area contributed by atoms with Crippen molar-refractivity contribution < 1.29 is 4.43 Å². The number of rotatable bonds is 2. The van der Waals surface area contributed by atoms with Crippen LogP contribution in [-0.4, -0.2) is 8.32 Å². The molecule has 0 aromatic rings. The van der Waals surface area contributed by atoms with Crippen LogP contribution in [0, 0.1) is 0 Å². The Kier molecular flexibility index (Phi) is 3.25. The largest absolute Gasteiger partial charge is 0.547 e. The Balaban J connectivity index is 2.67. The average molecular weight is 210 g/mol. The molecule has 0 aromatic carbocycles. The van der Waals surface area contributed by atoms with Crippen molar-refractivity contribution in [2.24, 2.45) is 0 Å². The van der Waals surface area contributed by atoms with Crippen LogP contribution in [0.5, 0.6) is 0 Å². The summed E-state index contributed by atoms with van der Waals surface area (Å²) >= 11 is 0. The topological polar surface area (TPSA) is 9.23 Å². The lowest BCUT2D eigenvalue weighted by atomic mass is 10.2. The minimum atomic E-state index is -1.59. The summed E-state index contributed by atoms with van der Waals surface area (Å²) in [6.07, 6.45) is 8.61. The summed E-state index contributed by atoms with van der Waals surface area (Å²) in [6, 6.07) is 0. The third-order valence-electron chi connectivity index (χ3n) is 3.17. The monoisotopic (exact) mass is 210 g/mol. The van der Waals surface area contributed by atoms with Gasteiger partial charge >= 0.3 is 0 Å². The van der Waals surface area contributed by atoms with E-state index in [2.05, 4.69) is 52.1 Å². The van der Waals surface area contributed by atoms with Crippen LogP contribution >= 0.6 is 0 Å². The minimum Gasteiger partial charge on any atom is -0.547 e. The van der Waals surface area contributed by atoms with Crippen molar-refractivity contribution in [3.8, 4) is 0 Å². The zero-order valence-electron chi connectivity index (χ0n) is 10.1. The Labute approximate surface area is 89.0 Å². The number of hydrogen-bond acceptors (Lipinski definition) is 1. The van der Waals surface area contributed by atoms with Crippen molar-refractivity contribution in [3.05, 3.63) is 24.0 Å². The van der Waals surface area contributed by atoms with Gasteiger partial charge < -0.3 is 4.43 Å². The lowest BCUT2D eigenvalue weighted by molar-refractivity contribution is 0.366. The molecular weight excluding hydrogens is 188 g/mol. The first-order chi connectivity index (χ1) is 6.33. The Bertz CT molecular complexity index is 256. The van der Waals surface area contributed by atoms with Crippen molar-refractivity contribution in [2.75, 3.05) is 0 Å². The molecule has 0 unspecified atom stereocenters. The number of hydrogen-bond donors (Lipinski definition) is 0. The Morgan fingerprint density at radius 3 is 2.36 bits per heavy atom. The predicted octanol–water partition coefficient (Wildman–Crippen LogP) is 4.24. The van der Waals surface area contributed by atoms with Gasteiger partial charge in [0, 0.05) is 6.42 Å². The van der Waals surface area contributed by atoms with Gasteiger partial charge in [0.25, 0.3) is 0 Å². The molecule has 1 rings (SSSR count). The van der Waals surface area contributed by atoms with Gasteiger partial charge in [-0.3, -0.25) is 0 Å². The molecule has 2 heteroatoms. The Hall–Kier alpha value is -0.503. The van der Waals surface area contributed by atoms with E-state index in [4.69, 9.17) is 4.43 Å². The molecule has 1 aliphatic carbocycles. The van der Waals surface area contributed by atoms with Gasteiger partial charge in [0.15, 0.2) is 0 Å². The maximum Gasteiger partial charge on any atom is 0.250 e. The summed E-state index contributed by atoms with van der Waals surface area (Å²) in [6.45, 7) is 11.4. The first kappa shape index (κ1) is 11.6. The van der Waals surface area contributed by atoms with Crippen LogP contribution in [0.2, 0.25) is 18.1 Å². The molecule has 1 nitrogen and oxygen atoms in total. The molecule has 1 aliphatic rings. The molecule has 0 saturated heterocycles. The van der Waals surface area contributed by atoms with Gasteiger partial charge in [-0.2, -0.15) is 0 Å². The van der Waals surface area contributed by atoms with Gasteiger partial charge in [-0.15, -0.1) is 0 Å². The van der Waals surface area contributed by atoms with E-state index in [9.17, 15) is 0 Å². The SMILES string of the molecule is CC(C)(C)[Si](C)(C)OC1=CC=CCC1. The second-order valence-corrected chi connectivity index (χ2v) is 10.2. The highest BCUT2D eigenvalue weighted by Crippen LogP contribution is 2.38. The fraction of sp³-hybridized carbons (Fsp3) is 0.667. The highest BCUT2D eigenvalue weighted by molar-refractivity contribution is 6.74. The van der Waals surface area contributed by atoms with Crippen molar-refractivity contribution in [1.82, 2.24) is 0 Å². The van der Waals surface area contributed by atoms with E-state index in [1.165, 1.54) is 5.76 Å². The van der Waals surface area contributed by atoms with E-state index in [0.29, 0.717) is 5.04 Å². The van der Waals surface area contributed by atoms with Crippen LogP contribution in [0.15, 0.2) is 24.0 Å². The molecule has 0 bridgehead atoms. The molecule has 0 amide bonds. The molecule has 0 aromatic heterocycles. The third-order valence-corrected chi connectivity index (χ3v) is 7.55. The molecule has 80 valence electrons. The summed E-state index contributed by atoms with van der Waals surface area (Å²) in [4.78, 5) is 0. The third kappa shape index (κ3) is 2.74. The maximum absolute atomic E-state index is 6.19. The van der Waals surface area contributed by atoms with E-state index in [1.54, 1.807) is 0 Å². The van der Waals surface area contributed by atoms with Crippen LogP contribution in [0.4, 0.5) is 0 Å². The molecule has 14 heavy (non-hydrogen) atoms. The first-order valence-corrected chi connectivity index (χ1v) is 8.28. The average Bonchev–Trinajstić information content (AvgIpc) is 2.03. The van der Waals surface area contributed by atoms with Crippen molar-refractivity contribution >= 4 is 8.32 Å². The van der Waals surface area contributed by atoms with Crippen LogP contribution in [0.3, 0.4) is 0 Å². The fourth-order valence-electron chi connectivity index (χ4n) is 1.15. The van der Waals surface area contributed by atoms with E-state index in [0.717, 1.165) is 12.8 Å². The van der Waals surface area contributed by atoms with Crippen LogP contribution in [0.25, 0.3) is 0 Å². The summed E-state index contributed by atoms with van der Waals surface area (Å²) in [5.41, 5.74) is 0. The highest BCUT2D eigenvalue weighted by Gasteiger charge is 2.39. The summed E-state index contributed by atoms with van der Waals surface area (Å²) < 4.78 is 6.19. The zero-order chi connectivity index (χ0) is 10.8. The second kappa shape index (κ2) is 3.93. The van der Waals surface area contributed by atoms with Gasteiger partial charge in [-0.1, -0.05) is 32.9 Å². The lowest BCUT2D eigenvalue weighted by Gasteiger charge is -2.37. The molecule has 0 radical (unpaired) electrons. The summed E-state index contributed by atoms with van der Waals surface area (Å²) in [7, 11) is -1.59. The quantitative estimate of drug-likeness (QED) is 0.619. The smallest absolute Gasteiger partial charge is 0.250 e. The molecule has 0 heterocycles. The van der Waals surface area contributed by atoms with Crippen molar-refractivity contribution in [2.45, 2.75) is 51.7 Å². The van der Waals surface area contributed by atoms with Crippen LogP contribution in [-0.2, 0) is 4.43 Å². The molecule has 0 saturated carbocycles. The van der Waals surface area contributed by atoms with Gasteiger partial charge in [-0.05, 0) is 30.6 Å². The Morgan fingerprint density at radius 1 is 1.29 bits per heavy atom. The highest BCUT2D eigenvalue weighted by atomic mass is 28.4. The van der Waals surface area contributed by atoms with Crippen molar-refractivity contribution in [1.29, 1.82) is 0 Å². The zero-order valence-corrected chi connectivity index (χ0v) is 11.1. The summed E-state index contributed by atoms with van der Waals surface area (Å²) in [5, 5.41) is 0.301. The Morgan fingerprint density at radius 2 is 1.93 bits per heavy atom. The minimum absolute atomic E-state index is 0.301. The lowest BCUT2D eigenvalue weighted by Crippen LogP contribution is -2.40. The fourth-order valence-corrected chi connectivity index (χ4v) is 2.28. The van der Waals surface area contributed by atoms with Gasteiger partial charge in [0.1, 0.15) is 0 Å². The van der Waals surface area contributed by atoms with E-state index < -0.39 is 8.32 Å². The molecule has 0 spiro atoms. The first-order valence-electron chi connectivity index (χ1n) is 5.38. The summed E-state index contributed by atoms with van der Waals surface area (Å²) in [5.74, 6) is 1.18. The van der Waals surface area contributed by atoms with Crippen molar-refractivity contribution in [3.63, 3.8) is 0 Å². The van der Waals surface area contributed by atoms with Gasteiger partial charge in [0.05, 0.1) is 5.76 Å². The van der Waals surface area contributed by atoms with E-state index >= 15 is 0 Å². The van der Waals surface area contributed by atoms with E-state index in [-0.39, 0.29) is 0 Å². The normalized spacial score (nSPS) is 17.9. The predicted molar refractivity (Wildman–Crippen MR) is 64.7 cm³/mol. The van der Waals surface area contributed by atoms with Crippen LogP contribution < -0.4 is 0 Å². The molecular formula is C12H22OSi. The van der Waals surface area contributed by atoms with Gasteiger partial charge in [0.2, 0.25) is 8.32 Å². The molecule has 0 aliphatic heterocycles. The standard InChI is InChI=1S/C12H22OSi/c1-12(2,3)14(4,5)13-11-9-7-6-8-10-11/h6-7,9H,8,10H2,1-5H3. The molecule has 0 N–H and O–H groups in total.